The number of likely N-dealkylation sites (N-methyl/N-ethyl adjacent to an activating group) is 1. The van der Waals surface area contributed by atoms with Gasteiger partial charge in [0.2, 0.25) is 5.91 Å². The van der Waals surface area contributed by atoms with Crippen molar-refractivity contribution in [3.63, 3.8) is 0 Å². The van der Waals surface area contributed by atoms with Crippen molar-refractivity contribution < 1.29 is 29.7 Å². The summed E-state index contributed by atoms with van der Waals surface area (Å²) in [6.07, 6.45) is -1.05. The molecule has 0 radical (unpaired) electrons. The Morgan fingerprint density at radius 2 is 1.80 bits per heavy atom. The van der Waals surface area contributed by atoms with Gasteiger partial charge in [0.05, 0.1) is 18.6 Å². The van der Waals surface area contributed by atoms with Crippen LogP contribution in [0.4, 0.5) is 0 Å². The largest absolute Gasteiger partial charge is 0.481 e. The van der Waals surface area contributed by atoms with Crippen molar-refractivity contribution in [2.24, 2.45) is 23.3 Å². The highest BCUT2D eigenvalue weighted by molar-refractivity contribution is 5.84. The van der Waals surface area contributed by atoms with E-state index in [9.17, 15) is 19.5 Å². The molecule has 0 bridgehead atoms. The average molecular weight is 362 g/mol. The Kier molecular flexibility index (Phi) is 11.1. The van der Waals surface area contributed by atoms with Crippen LogP contribution in [0.15, 0.2) is 0 Å². The number of nitrogens with zero attached hydrogens (tertiary/aromatic N) is 1. The molecule has 25 heavy (non-hydrogen) atoms. The molecule has 0 heterocycles. The lowest BCUT2D eigenvalue weighted by atomic mass is 9.93. The second-order valence-corrected chi connectivity index (χ2v) is 6.35. The maximum absolute atomic E-state index is 12.0. The van der Waals surface area contributed by atoms with Crippen molar-refractivity contribution in [1.29, 1.82) is 0 Å². The number of amides is 1. The fourth-order valence-corrected chi connectivity index (χ4v) is 2.23. The Morgan fingerprint density at radius 3 is 2.24 bits per heavy atom. The number of hydrogen-bond donors (Lipinski definition) is 6. The minimum Gasteiger partial charge on any atom is -0.481 e. The molecule has 10 heteroatoms. The van der Waals surface area contributed by atoms with Gasteiger partial charge in [0, 0.05) is 45.4 Å². The lowest BCUT2D eigenvalue weighted by Crippen LogP contribution is -2.48. The molecule has 4 atom stereocenters. The van der Waals surface area contributed by atoms with E-state index < -0.39 is 42.5 Å². The Morgan fingerprint density at radius 1 is 1.20 bits per heavy atom. The van der Waals surface area contributed by atoms with Crippen LogP contribution in [-0.2, 0) is 14.4 Å². The Labute approximate surface area is 147 Å². The molecule has 146 valence electrons. The number of aliphatic hydroxyl groups is 2. The molecule has 0 fully saturated rings. The number of carboxylic acids is 1. The summed E-state index contributed by atoms with van der Waals surface area (Å²) in [5.74, 6) is -3.74. The maximum Gasteiger partial charge on any atom is 0.309 e. The third kappa shape index (κ3) is 10.8. The summed E-state index contributed by atoms with van der Waals surface area (Å²) in [5.41, 5.74) is 13.9. The third-order valence-corrected chi connectivity index (χ3v) is 3.80. The minimum absolute atomic E-state index is 0.0317. The number of hydrogen-bond acceptors (Lipinski definition) is 8. The van der Waals surface area contributed by atoms with Gasteiger partial charge in [-0.25, -0.2) is 5.01 Å². The van der Waals surface area contributed by atoms with Crippen molar-refractivity contribution in [2.45, 2.75) is 38.3 Å². The molecule has 10 nitrogen and oxygen atoms in total. The number of hydrazine groups is 1. The normalized spacial score (nSPS) is 16.2. The van der Waals surface area contributed by atoms with Gasteiger partial charge >= 0.3 is 5.97 Å². The van der Waals surface area contributed by atoms with E-state index in [1.807, 2.05) is 0 Å². The highest BCUT2D eigenvalue weighted by Gasteiger charge is 2.23. The van der Waals surface area contributed by atoms with E-state index in [4.69, 9.17) is 21.7 Å². The number of nitrogens with one attached hydrogen (secondary N) is 1. The average Bonchev–Trinajstić information content (AvgIpc) is 2.49. The second kappa shape index (κ2) is 11.9. The van der Waals surface area contributed by atoms with E-state index in [1.54, 1.807) is 19.0 Å². The molecular weight excluding hydrogens is 332 g/mol. The molecule has 1 amide bonds. The molecular formula is C15H30N4O6. The quantitative estimate of drug-likeness (QED) is 0.185. The highest BCUT2D eigenvalue weighted by Crippen LogP contribution is 2.13. The van der Waals surface area contributed by atoms with Gasteiger partial charge < -0.3 is 26.8 Å². The zero-order chi connectivity index (χ0) is 19.6. The van der Waals surface area contributed by atoms with Crippen molar-refractivity contribution in [3.05, 3.63) is 0 Å². The molecule has 0 rings (SSSR count). The fourth-order valence-electron chi connectivity index (χ4n) is 2.23. The molecule has 0 aliphatic heterocycles. The summed E-state index contributed by atoms with van der Waals surface area (Å²) in [6, 6.07) is -0.463. The zero-order valence-corrected chi connectivity index (χ0v) is 14.7. The van der Waals surface area contributed by atoms with E-state index >= 15 is 0 Å². The standard InChI is InChI=1S/C15H30N4O6/c1-9(21)13(16)7-19(2)18-6-10(4-14(17)23)3-12(22)5-11(8-20)15(24)25/h9-11,13,18,20-21H,3-8,16H2,1-2H3,(H2,17,23)(H,24,25)/t9?,10-,11-,13+/m0/s1. The van der Waals surface area contributed by atoms with Gasteiger partial charge in [-0.15, -0.1) is 0 Å². The Balaban J connectivity index is 4.56. The van der Waals surface area contributed by atoms with E-state index in [1.165, 1.54) is 0 Å². The summed E-state index contributed by atoms with van der Waals surface area (Å²) < 4.78 is 0. The molecule has 1 unspecified atom stereocenters. The van der Waals surface area contributed by atoms with Crippen molar-refractivity contribution >= 4 is 17.7 Å². The molecule has 0 aliphatic carbocycles. The zero-order valence-electron chi connectivity index (χ0n) is 14.7. The topological polar surface area (TPSA) is 179 Å². The van der Waals surface area contributed by atoms with Crippen molar-refractivity contribution in [3.8, 4) is 0 Å². The van der Waals surface area contributed by atoms with E-state index in [-0.39, 0.29) is 31.6 Å². The summed E-state index contributed by atoms with van der Waals surface area (Å²) >= 11 is 0. The number of primary amides is 1. The van der Waals surface area contributed by atoms with Crippen LogP contribution in [0.2, 0.25) is 0 Å². The maximum atomic E-state index is 12.0. The van der Waals surface area contributed by atoms with E-state index in [0.717, 1.165) is 0 Å². The van der Waals surface area contributed by atoms with Gasteiger partial charge in [0.1, 0.15) is 5.78 Å². The molecule has 0 aromatic carbocycles. The smallest absolute Gasteiger partial charge is 0.309 e. The van der Waals surface area contributed by atoms with Crippen molar-refractivity contribution in [1.82, 2.24) is 10.4 Å². The monoisotopic (exact) mass is 362 g/mol. The summed E-state index contributed by atoms with van der Waals surface area (Å²) in [4.78, 5) is 34.0. The molecule has 8 N–H and O–H groups in total. The van der Waals surface area contributed by atoms with Crippen LogP contribution in [-0.4, -0.2) is 76.9 Å². The number of carboxylic acid groups (broad SMARTS) is 1. The molecule has 0 aromatic rings. The van der Waals surface area contributed by atoms with Crippen LogP contribution in [0, 0.1) is 11.8 Å². The first-order valence-electron chi connectivity index (χ1n) is 8.08. The summed E-state index contributed by atoms with van der Waals surface area (Å²) in [7, 11) is 1.71. The van der Waals surface area contributed by atoms with Gasteiger partial charge in [-0.05, 0) is 12.8 Å². The number of carbonyl (C=O) groups is 3. The number of nitrogens with two attached hydrogens (primary N) is 2. The van der Waals surface area contributed by atoms with Gasteiger partial charge in [0.25, 0.3) is 0 Å². The molecule has 0 saturated heterocycles. The van der Waals surface area contributed by atoms with E-state index in [0.29, 0.717) is 6.54 Å². The second-order valence-electron chi connectivity index (χ2n) is 6.35. The Bertz CT molecular complexity index is 446. The SMILES string of the molecule is CC(O)[C@H](N)CN(C)NC[C@H](CC(N)=O)CC(=O)C[C@@H](CO)C(=O)O. The number of rotatable bonds is 14. The van der Waals surface area contributed by atoms with Crippen molar-refractivity contribution in [2.75, 3.05) is 26.7 Å². The lowest BCUT2D eigenvalue weighted by Gasteiger charge is -2.26. The predicted molar refractivity (Wildman–Crippen MR) is 90.0 cm³/mol. The van der Waals surface area contributed by atoms with Gasteiger partial charge in [-0.3, -0.25) is 19.8 Å². The number of aliphatic carboxylic acids is 1. The summed E-state index contributed by atoms with van der Waals surface area (Å²) in [6.45, 7) is 1.56. The predicted octanol–water partition coefficient (Wildman–Crippen LogP) is -2.34. The lowest BCUT2D eigenvalue weighted by molar-refractivity contribution is -0.145. The number of aliphatic hydroxyl groups excluding tert-OH is 2. The van der Waals surface area contributed by atoms with Crippen LogP contribution >= 0.6 is 0 Å². The highest BCUT2D eigenvalue weighted by atomic mass is 16.4. The van der Waals surface area contributed by atoms with Crippen LogP contribution in [0.5, 0.6) is 0 Å². The Hall–Kier alpha value is -1.59. The first-order chi connectivity index (χ1) is 11.6. The molecule has 0 saturated carbocycles. The van der Waals surface area contributed by atoms with Gasteiger partial charge in [0.15, 0.2) is 0 Å². The fraction of sp³-hybridized carbons (Fsp3) is 0.800. The van der Waals surface area contributed by atoms with Crippen LogP contribution < -0.4 is 16.9 Å². The van der Waals surface area contributed by atoms with Gasteiger partial charge in [-0.1, -0.05) is 0 Å². The molecule has 0 aromatic heterocycles. The van der Waals surface area contributed by atoms with Crippen LogP contribution in [0.1, 0.15) is 26.2 Å². The molecule has 0 aliphatic rings. The number of ketones is 1. The first kappa shape index (κ1) is 23.4. The van der Waals surface area contributed by atoms with Crippen LogP contribution in [0.3, 0.4) is 0 Å². The number of Topliss-reactive ketones (excluding diaryl/α,β-unsaturated/α-hetero) is 1. The van der Waals surface area contributed by atoms with Gasteiger partial charge in [-0.2, -0.15) is 0 Å². The first-order valence-corrected chi connectivity index (χ1v) is 8.08. The summed E-state index contributed by atoms with van der Waals surface area (Å²) in [5, 5.41) is 28.9. The number of carbonyl (C=O) groups excluding carboxylic acids is 2. The van der Waals surface area contributed by atoms with E-state index in [2.05, 4.69) is 5.43 Å². The third-order valence-electron chi connectivity index (χ3n) is 3.80. The molecule has 0 spiro atoms. The van der Waals surface area contributed by atoms with Crippen LogP contribution in [0.25, 0.3) is 0 Å². The minimum atomic E-state index is -1.24.